The molecule has 2 N–H and O–H groups in total. The first-order valence-corrected chi connectivity index (χ1v) is 7.26. The van der Waals surface area contributed by atoms with E-state index in [1.807, 2.05) is 36.2 Å². The summed E-state index contributed by atoms with van der Waals surface area (Å²) in [5.41, 5.74) is 7.78. The van der Waals surface area contributed by atoms with E-state index in [9.17, 15) is 4.79 Å². The Balaban J connectivity index is 1.80. The summed E-state index contributed by atoms with van der Waals surface area (Å²) in [5.74, 6) is 1.96. The molecule has 3 heteroatoms. The Morgan fingerprint density at radius 3 is 2.74 bits per heavy atom. The van der Waals surface area contributed by atoms with Crippen LogP contribution in [0.2, 0.25) is 0 Å². The maximum atomic E-state index is 12.7. The van der Waals surface area contributed by atoms with Crippen molar-refractivity contribution >= 4 is 11.6 Å². The number of para-hydroxylation sites is 1. The van der Waals surface area contributed by atoms with Crippen molar-refractivity contribution in [3.05, 3.63) is 29.8 Å². The molecular weight excluding hydrogens is 236 g/mol. The van der Waals surface area contributed by atoms with Crippen LogP contribution in [0.5, 0.6) is 0 Å². The highest BCUT2D eigenvalue weighted by Gasteiger charge is 2.44. The molecule has 2 saturated carbocycles. The average Bonchev–Trinajstić information content (AvgIpc) is 3.08. The molecular formula is C16H22N2O. The molecule has 2 aliphatic rings. The van der Waals surface area contributed by atoms with E-state index < -0.39 is 0 Å². The highest BCUT2D eigenvalue weighted by atomic mass is 16.2. The minimum Gasteiger partial charge on any atom is -0.326 e. The summed E-state index contributed by atoms with van der Waals surface area (Å²) >= 11 is 0. The Kier molecular flexibility index (Phi) is 3.31. The van der Waals surface area contributed by atoms with Crippen molar-refractivity contribution in [2.75, 3.05) is 11.9 Å². The first-order valence-electron chi connectivity index (χ1n) is 7.26. The fourth-order valence-electron chi connectivity index (χ4n) is 3.93. The molecule has 1 amide bonds. The zero-order chi connectivity index (χ0) is 13.4. The van der Waals surface area contributed by atoms with Crippen LogP contribution in [0.25, 0.3) is 0 Å². The van der Waals surface area contributed by atoms with Gasteiger partial charge in [0.2, 0.25) is 5.91 Å². The van der Waals surface area contributed by atoms with Crippen LogP contribution in [0.3, 0.4) is 0 Å². The van der Waals surface area contributed by atoms with E-state index in [4.69, 9.17) is 5.73 Å². The molecule has 0 aromatic heterocycles. The first kappa shape index (κ1) is 12.7. The molecule has 0 aliphatic heterocycles. The van der Waals surface area contributed by atoms with Crippen molar-refractivity contribution in [1.29, 1.82) is 0 Å². The third-order valence-corrected chi connectivity index (χ3v) is 4.96. The number of anilines is 1. The third-order valence-electron chi connectivity index (χ3n) is 4.96. The molecule has 3 atom stereocenters. The molecule has 2 fully saturated rings. The molecule has 3 unspecified atom stereocenters. The van der Waals surface area contributed by atoms with Gasteiger partial charge >= 0.3 is 0 Å². The van der Waals surface area contributed by atoms with Gasteiger partial charge in [-0.05, 0) is 42.7 Å². The van der Waals surface area contributed by atoms with Crippen molar-refractivity contribution in [1.82, 2.24) is 0 Å². The lowest BCUT2D eigenvalue weighted by Crippen LogP contribution is -2.36. The van der Waals surface area contributed by atoms with Crippen molar-refractivity contribution in [2.45, 2.75) is 32.2 Å². The smallest absolute Gasteiger partial charge is 0.230 e. The largest absolute Gasteiger partial charge is 0.326 e. The minimum absolute atomic E-state index is 0.245. The number of nitrogens with two attached hydrogens (primary N) is 1. The van der Waals surface area contributed by atoms with Crippen molar-refractivity contribution in [3.8, 4) is 0 Å². The van der Waals surface area contributed by atoms with Gasteiger partial charge in [-0.2, -0.15) is 0 Å². The number of benzene rings is 1. The van der Waals surface area contributed by atoms with E-state index in [-0.39, 0.29) is 11.8 Å². The van der Waals surface area contributed by atoms with Gasteiger partial charge in [0.1, 0.15) is 0 Å². The SMILES string of the molecule is CN(C(=O)C1CC2CCC1C2)c1ccccc1CN. The molecule has 102 valence electrons. The molecule has 0 radical (unpaired) electrons. The highest BCUT2D eigenvalue weighted by Crippen LogP contribution is 2.49. The molecule has 3 rings (SSSR count). The maximum Gasteiger partial charge on any atom is 0.230 e. The van der Waals surface area contributed by atoms with E-state index in [1.54, 1.807) is 0 Å². The number of carbonyl (C=O) groups excluding carboxylic acids is 1. The molecule has 2 bridgehead atoms. The Morgan fingerprint density at radius 2 is 2.11 bits per heavy atom. The molecule has 0 saturated heterocycles. The number of nitrogens with zero attached hydrogens (tertiary/aromatic N) is 1. The van der Waals surface area contributed by atoms with E-state index in [2.05, 4.69) is 0 Å². The van der Waals surface area contributed by atoms with Crippen LogP contribution in [-0.4, -0.2) is 13.0 Å². The second-order valence-corrected chi connectivity index (χ2v) is 6.01. The van der Waals surface area contributed by atoms with Crippen molar-refractivity contribution in [2.24, 2.45) is 23.5 Å². The van der Waals surface area contributed by atoms with Gasteiger partial charge in [-0.15, -0.1) is 0 Å². The number of fused-ring (bicyclic) bond motifs is 2. The summed E-state index contributed by atoms with van der Waals surface area (Å²) in [7, 11) is 1.89. The third kappa shape index (κ3) is 2.16. The minimum atomic E-state index is 0.245. The number of carbonyl (C=O) groups is 1. The predicted octanol–water partition coefficient (Wildman–Crippen LogP) is 2.54. The molecule has 1 aromatic carbocycles. The standard InChI is InChI=1S/C16H22N2O/c1-18(15-5-3-2-4-13(15)10-17)16(19)14-9-11-6-7-12(14)8-11/h2-5,11-12,14H,6-10,17H2,1H3. The van der Waals surface area contributed by atoms with E-state index in [1.165, 1.54) is 19.3 Å². The predicted molar refractivity (Wildman–Crippen MR) is 76.7 cm³/mol. The van der Waals surface area contributed by atoms with Gasteiger partial charge in [0.05, 0.1) is 0 Å². The summed E-state index contributed by atoms with van der Waals surface area (Å²) in [5, 5.41) is 0. The molecule has 2 aliphatic carbocycles. The average molecular weight is 258 g/mol. The zero-order valence-electron chi connectivity index (χ0n) is 11.5. The normalized spacial score (nSPS) is 28.6. The fourth-order valence-corrected chi connectivity index (χ4v) is 3.93. The number of amides is 1. The van der Waals surface area contributed by atoms with Crippen LogP contribution >= 0.6 is 0 Å². The van der Waals surface area contributed by atoms with Gasteiger partial charge in [-0.3, -0.25) is 4.79 Å². The van der Waals surface area contributed by atoms with Gasteiger partial charge in [0.25, 0.3) is 0 Å². The fraction of sp³-hybridized carbons (Fsp3) is 0.562. The Bertz CT molecular complexity index is 485. The van der Waals surface area contributed by atoms with Crippen LogP contribution in [-0.2, 0) is 11.3 Å². The summed E-state index contributed by atoms with van der Waals surface area (Å²) in [6, 6.07) is 7.94. The van der Waals surface area contributed by atoms with E-state index in [0.717, 1.165) is 23.6 Å². The molecule has 3 nitrogen and oxygen atoms in total. The maximum absolute atomic E-state index is 12.7. The summed E-state index contributed by atoms with van der Waals surface area (Å²) in [6.07, 6.45) is 4.94. The lowest BCUT2D eigenvalue weighted by molar-refractivity contribution is -0.123. The van der Waals surface area contributed by atoms with E-state index >= 15 is 0 Å². The Hall–Kier alpha value is -1.35. The topological polar surface area (TPSA) is 46.3 Å². The quantitative estimate of drug-likeness (QED) is 0.905. The Morgan fingerprint density at radius 1 is 1.32 bits per heavy atom. The monoisotopic (exact) mass is 258 g/mol. The van der Waals surface area contributed by atoms with Gasteiger partial charge in [0, 0.05) is 25.2 Å². The van der Waals surface area contributed by atoms with Gasteiger partial charge in [-0.25, -0.2) is 0 Å². The second kappa shape index (κ2) is 4.97. The van der Waals surface area contributed by atoms with Crippen molar-refractivity contribution < 1.29 is 4.79 Å². The van der Waals surface area contributed by atoms with Crippen LogP contribution < -0.4 is 10.6 Å². The van der Waals surface area contributed by atoms with Crippen LogP contribution in [0.4, 0.5) is 5.69 Å². The van der Waals surface area contributed by atoms with Crippen molar-refractivity contribution in [3.63, 3.8) is 0 Å². The molecule has 19 heavy (non-hydrogen) atoms. The number of hydrogen-bond donors (Lipinski definition) is 1. The van der Waals surface area contributed by atoms with E-state index in [0.29, 0.717) is 12.5 Å². The number of rotatable bonds is 3. The van der Waals surface area contributed by atoms with Gasteiger partial charge in [0.15, 0.2) is 0 Å². The summed E-state index contributed by atoms with van der Waals surface area (Å²) in [4.78, 5) is 14.5. The first-order chi connectivity index (χ1) is 9.20. The van der Waals surface area contributed by atoms with Crippen LogP contribution in [0.1, 0.15) is 31.2 Å². The molecule has 0 heterocycles. The Labute approximate surface area is 114 Å². The molecule has 1 aromatic rings. The lowest BCUT2D eigenvalue weighted by atomic mass is 9.87. The zero-order valence-corrected chi connectivity index (χ0v) is 11.5. The van der Waals surface area contributed by atoms with Crippen LogP contribution in [0, 0.1) is 17.8 Å². The van der Waals surface area contributed by atoms with Gasteiger partial charge < -0.3 is 10.6 Å². The molecule has 0 spiro atoms. The summed E-state index contributed by atoms with van der Waals surface area (Å²) < 4.78 is 0. The number of hydrogen-bond acceptors (Lipinski definition) is 2. The summed E-state index contributed by atoms with van der Waals surface area (Å²) in [6.45, 7) is 0.477. The lowest BCUT2D eigenvalue weighted by Gasteiger charge is -2.27. The highest BCUT2D eigenvalue weighted by molar-refractivity contribution is 5.95. The van der Waals surface area contributed by atoms with Crippen LogP contribution in [0.15, 0.2) is 24.3 Å². The second-order valence-electron chi connectivity index (χ2n) is 6.01. The van der Waals surface area contributed by atoms with Gasteiger partial charge in [-0.1, -0.05) is 24.6 Å².